The van der Waals surface area contributed by atoms with E-state index in [-0.39, 0.29) is 0 Å². The minimum Gasteiger partial charge on any atom is -0.313 e. The molecule has 1 N–H and O–H groups in total. The Morgan fingerprint density at radius 2 is 2.05 bits per heavy atom. The zero-order valence-electron chi connectivity index (χ0n) is 12.9. The molecule has 0 fully saturated rings. The number of thioether (sulfide) groups is 1. The van der Waals surface area contributed by atoms with Gasteiger partial charge >= 0.3 is 0 Å². The van der Waals surface area contributed by atoms with Crippen LogP contribution in [0.5, 0.6) is 0 Å². The van der Waals surface area contributed by atoms with Crippen molar-refractivity contribution in [2.75, 3.05) is 12.3 Å². The number of rotatable bonds is 9. The minimum atomic E-state index is 0.377. The summed E-state index contributed by atoms with van der Waals surface area (Å²) in [6.45, 7) is 12.0. The van der Waals surface area contributed by atoms with Crippen LogP contribution < -0.4 is 5.32 Å². The Labute approximate surface area is 121 Å². The largest absolute Gasteiger partial charge is 0.313 e. The highest BCUT2D eigenvalue weighted by Gasteiger charge is 2.15. The van der Waals surface area contributed by atoms with Crippen molar-refractivity contribution in [1.82, 2.24) is 20.1 Å². The van der Waals surface area contributed by atoms with Gasteiger partial charge in [-0.25, -0.2) is 9.67 Å². The molecule has 0 spiro atoms. The van der Waals surface area contributed by atoms with E-state index < -0.39 is 0 Å². The van der Waals surface area contributed by atoms with Crippen LogP contribution in [0.4, 0.5) is 0 Å². The lowest BCUT2D eigenvalue weighted by Gasteiger charge is -2.20. The number of hydrogen-bond donors (Lipinski definition) is 1. The highest BCUT2D eigenvalue weighted by Crippen LogP contribution is 2.16. The first kappa shape index (κ1) is 16.5. The molecule has 0 saturated heterocycles. The number of aromatic nitrogens is 3. The first-order chi connectivity index (χ1) is 9.08. The quantitative estimate of drug-likeness (QED) is 0.757. The molecule has 0 saturated carbocycles. The van der Waals surface area contributed by atoms with E-state index in [0.29, 0.717) is 12.1 Å². The molecule has 1 aromatic heterocycles. The van der Waals surface area contributed by atoms with Crippen molar-refractivity contribution >= 4 is 11.8 Å². The molecule has 2 atom stereocenters. The fraction of sp³-hybridized carbons (Fsp3) is 0.857. The summed E-state index contributed by atoms with van der Waals surface area (Å²) in [5, 5.41) is 8.60. The Hall–Kier alpha value is -0.550. The zero-order chi connectivity index (χ0) is 14.3. The second-order valence-electron chi connectivity index (χ2n) is 5.23. The summed E-state index contributed by atoms with van der Waals surface area (Å²) in [4.78, 5) is 4.41. The molecule has 0 aliphatic rings. The van der Waals surface area contributed by atoms with Gasteiger partial charge in [-0.3, -0.25) is 0 Å². The molecule has 1 aromatic rings. The zero-order valence-corrected chi connectivity index (χ0v) is 13.7. The molecule has 5 heteroatoms. The van der Waals surface area contributed by atoms with Crippen molar-refractivity contribution in [3.8, 4) is 0 Å². The molecule has 2 unspecified atom stereocenters. The Bertz CT molecular complexity index is 351. The highest BCUT2D eigenvalue weighted by atomic mass is 32.2. The second-order valence-corrected chi connectivity index (χ2v) is 6.70. The third kappa shape index (κ3) is 5.53. The van der Waals surface area contributed by atoms with E-state index in [1.54, 1.807) is 6.33 Å². The summed E-state index contributed by atoms with van der Waals surface area (Å²) in [7, 11) is 0. The Morgan fingerprint density at radius 1 is 1.32 bits per heavy atom. The van der Waals surface area contributed by atoms with Crippen molar-refractivity contribution in [2.45, 2.75) is 64.8 Å². The number of nitrogens with one attached hydrogen (secondary N) is 1. The lowest BCUT2D eigenvalue weighted by molar-refractivity contribution is 0.477. The van der Waals surface area contributed by atoms with Gasteiger partial charge in [-0.05, 0) is 26.8 Å². The number of hydrogen-bond acceptors (Lipinski definition) is 4. The van der Waals surface area contributed by atoms with Gasteiger partial charge in [0.1, 0.15) is 12.2 Å². The van der Waals surface area contributed by atoms with Crippen molar-refractivity contribution < 1.29 is 0 Å². The standard InChI is InChI=1S/C14H28N4S/c1-6-12(5)19-9-13(15-7-2)8-14-16-10-17-18(14)11(3)4/h10-13,15H,6-9H2,1-5H3. The third-order valence-electron chi connectivity index (χ3n) is 3.22. The molecule has 0 radical (unpaired) electrons. The van der Waals surface area contributed by atoms with Crippen LogP contribution in [-0.4, -0.2) is 38.4 Å². The van der Waals surface area contributed by atoms with Crippen LogP contribution in [0.2, 0.25) is 0 Å². The van der Waals surface area contributed by atoms with Gasteiger partial charge in [0.05, 0.1) is 0 Å². The Balaban J connectivity index is 2.59. The van der Waals surface area contributed by atoms with Crippen LogP contribution in [0, 0.1) is 0 Å². The molecule has 1 heterocycles. The third-order valence-corrected chi connectivity index (χ3v) is 4.71. The smallest absolute Gasteiger partial charge is 0.138 e. The average Bonchev–Trinajstić information content (AvgIpc) is 2.84. The van der Waals surface area contributed by atoms with Crippen molar-refractivity contribution in [1.29, 1.82) is 0 Å². The van der Waals surface area contributed by atoms with Gasteiger partial charge in [-0.2, -0.15) is 16.9 Å². The second kappa shape index (κ2) is 8.59. The van der Waals surface area contributed by atoms with Crippen LogP contribution in [0.3, 0.4) is 0 Å². The van der Waals surface area contributed by atoms with Gasteiger partial charge < -0.3 is 5.32 Å². The van der Waals surface area contributed by atoms with Crippen molar-refractivity contribution in [3.63, 3.8) is 0 Å². The fourth-order valence-electron chi connectivity index (χ4n) is 1.95. The van der Waals surface area contributed by atoms with Gasteiger partial charge in [0.25, 0.3) is 0 Å². The summed E-state index contributed by atoms with van der Waals surface area (Å²) in [6.07, 6.45) is 3.85. The molecular weight excluding hydrogens is 256 g/mol. The summed E-state index contributed by atoms with van der Waals surface area (Å²) in [5.41, 5.74) is 0. The van der Waals surface area contributed by atoms with E-state index in [0.717, 1.165) is 29.8 Å². The van der Waals surface area contributed by atoms with Gasteiger partial charge in [-0.15, -0.1) is 0 Å². The van der Waals surface area contributed by atoms with E-state index in [4.69, 9.17) is 0 Å². The van der Waals surface area contributed by atoms with Crippen LogP contribution in [-0.2, 0) is 6.42 Å². The van der Waals surface area contributed by atoms with Crippen molar-refractivity contribution in [3.05, 3.63) is 12.2 Å². The molecule has 0 amide bonds. The topological polar surface area (TPSA) is 42.7 Å². The molecule has 0 aromatic carbocycles. The van der Waals surface area contributed by atoms with Crippen LogP contribution in [0.15, 0.2) is 6.33 Å². The SMILES string of the molecule is CCNC(CSC(C)CC)Cc1ncnn1C(C)C. The average molecular weight is 284 g/mol. The first-order valence-corrected chi connectivity index (χ1v) is 8.36. The lowest BCUT2D eigenvalue weighted by atomic mass is 10.2. The maximum absolute atomic E-state index is 4.41. The molecule has 0 bridgehead atoms. The molecule has 1 rings (SSSR count). The first-order valence-electron chi connectivity index (χ1n) is 7.31. The van der Waals surface area contributed by atoms with Gasteiger partial charge in [0.15, 0.2) is 0 Å². The summed E-state index contributed by atoms with van der Waals surface area (Å²) in [6, 6.07) is 0.854. The molecule has 110 valence electrons. The highest BCUT2D eigenvalue weighted by molar-refractivity contribution is 7.99. The fourth-order valence-corrected chi connectivity index (χ4v) is 2.98. The van der Waals surface area contributed by atoms with Gasteiger partial charge in [0.2, 0.25) is 0 Å². The number of nitrogens with zero attached hydrogens (tertiary/aromatic N) is 3. The maximum atomic E-state index is 4.41. The van der Waals surface area contributed by atoms with Crippen LogP contribution in [0.25, 0.3) is 0 Å². The van der Waals surface area contributed by atoms with E-state index >= 15 is 0 Å². The minimum absolute atomic E-state index is 0.377. The molecule has 19 heavy (non-hydrogen) atoms. The van der Waals surface area contributed by atoms with E-state index in [1.807, 2.05) is 16.4 Å². The van der Waals surface area contributed by atoms with E-state index in [1.165, 1.54) is 6.42 Å². The summed E-state index contributed by atoms with van der Waals surface area (Å²) < 4.78 is 2.03. The molecular formula is C14H28N4S. The monoisotopic (exact) mass is 284 g/mol. The molecule has 4 nitrogen and oxygen atoms in total. The predicted molar refractivity (Wildman–Crippen MR) is 83.8 cm³/mol. The Morgan fingerprint density at radius 3 is 2.63 bits per heavy atom. The van der Waals surface area contributed by atoms with Crippen molar-refractivity contribution in [2.24, 2.45) is 0 Å². The summed E-state index contributed by atoms with van der Waals surface area (Å²) in [5.74, 6) is 2.22. The predicted octanol–water partition coefficient (Wildman–Crippen LogP) is 2.91. The van der Waals surface area contributed by atoms with E-state index in [9.17, 15) is 0 Å². The lowest BCUT2D eigenvalue weighted by Crippen LogP contribution is -2.35. The van der Waals surface area contributed by atoms with E-state index in [2.05, 4.69) is 50.0 Å². The maximum Gasteiger partial charge on any atom is 0.138 e. The van der Waals surface area contributed by atoms with Crippen LogP contribution in [0.1, 0.15) is 52.9 Å². The molecule has 0 aliphatic heterocycles. The normalized spacial score (nSPS) is 14.8. The number of likely N-dealkylation sites (N-methyl/N-ethyl adjacent to an activating group) is 1. The summed E-state index contributed by atoms with van der Waals surface area (Å²) >= 11 is 2.04. The van der Waals surface area contributed by atoms with Gasteiger partial charge in [0, 0.05) is 29.5 Å². The van der Waals surface area contributed by atoms with Crippen LogP contribution >= 0.6 is 11.8 Å². The Kier molecular flexibility index (Phi) is 7.46. The molecule has 0 aliphatic carbocycles. The van der Waals surface area contributed by atoms with Gasteiger partial charge in [-0.1, -0.05) is 20.8 Å².